The molecule has 7 nitrogen and oxygen atoms in total. The second-order valence-corrected chi connectivity index (χ2v) is 8.09. The van der Waals surface area contributed by atoms with Gasteiger partial charge in [0.05, 0.1) is 4.90 Å². The highest BCUT2D eigenvalue weighted by molar-refractivity contribution is 7.92. The SMILES string of the molecule is O=C(NCC(F)(F)F)c1ccc(S(=O)(=O)Nc2ccc(-c3csnn3)cc2)cc1. The van der Waals surface area contributed by atoms with E-state index in [4.69, 9.17) is 0 Å². The number of carbonyl (C=O) groups is 1. The predicted molar refractivity (Wildman–Crippen MR) is 101 cm³/mol. The Balaban J connectivity index is 1.68. The molecule has 0 fully saturated rings. The average molecular weight is 442 g/mol. The van der Waals surface area contributed by atoms with Gasteiger partial charge in [0.2, 0.25) is 0 Å². The fourth-order valence-electron chi connectivity index (χ4n) is 2.28. The first-order valence-corrected chi connectivity index (χ1v) is 10.3. The zero-order chi connectivity index (χ0) is 21.1. The molecule has 1 heterocycles. The number of carbonyl (C=O) groups excluding carboxylic acids is 1. The molecule has 0 saturated carbocycles. The molecule has 29 heavy (non-hydrogen) atoms. The Bertz CT molecular complexity index is 1080. The van der Waals surface area contributed by atoms with E-state index in [0.29, 0.717) is 11.4 Å². The van der Waals surface area contributed by atoms with Crippen molar-refractivity contribution in [2.24, 2.45) is 0 Å². The maximum atomic E-state index is 12.5. The second kappa shape index (κ2) is 8.17. The summed E-state index contributed by atoms with van der Waals surface area (Å²) in [5.74, 6) is -0.952. The van der Waals surface area contributed by atoms with Crippen molar-refractivity contribution in [2.45, 2.75) is 11.1 Å². The standard InChI is InChI=1S/C17H13F3N4O3S2/c18-17(19,20)10-21-16(25)12-3-7-14(8-4-12)29(26,27)23-13-5-1-11(2-6-13)15-9-28-24-22-15/h1-9,23H,10H2,(H,21,25). The van der Waals surface area contributed by atoms with Gasteiger partial charge in [-0.3, -0.25) is 9.52 Å². The van der Waals surface area contributed by atoms with Crippen LogP contribution in [0.5, 0.6) is 0 Å². The third-order valence-corrected chi connectivity index (χ3v) is 5.57. The molecule has 152 valence electrons. The van der Waals surface area contributed by atoms with Crippen LogP contribution in [-0.4, -0.2) is 36.6 Å². The van der Waals surface area contributed by atoms with Crippen molar-refractivity contribution in [2.75, 3.05) is 11.3 Å². The van der Waals surface area contributed by atoms with E-state index in [1.165, 1.54) is 11.5 Å². The quantitative estimate of drug-likeness (QED) is 0.610. The van der Waals surface area contributed by atoms with Crippen molar-refractivity contribution in [1.82, 2.24) is 14.9 Å². The van der Waals surface area contributed by atoms with Crippen molar-refractivity contribution in [3.05, 3.63) is 59.5 Å². The lowest BCUT2D eigenvalue weighted by molar-refractivity contribution is -0.123. The van der Waals surface area contributed by atoms with Gasteiger partial charge in [-0.25, -0.2) is 8.42 Å². The topological polar surface area (TPSA) is 101 Å². The third-order valence-electron chi connectivity index (χ3n) is 3.67. The van der Waals surface area contributed by atoms with Crippen molar-refractivity contribution in [1.29, 1.82) is 0 Å². The molecular formula is C17H13F3N4O3S2. The van der Waals surface area contributed by atoms with Crippen LogP contribution in [-0.2, 0) is 10.0 Å². The molecule has 0 aliphatic heterocycles. The van der Waals surface area contributed by atoms with E-state index in [1.54, 1.807) is 35.0 Å². The summed E-state index contributed by atoms with van der Waals surface area (Å²) >= 11 is 1.20. The minimum Gasteiger partial charge on any atom is -0.343 e. The lowest BCUT2D eigenvalue weighted by Crippen LogP contribution is -2.33. The molecule has 3 rings (SSSR count). The number of sulfonamides is 1. The molecular weight excluding hydrogens is 429 g/mol. The molecule has 0 aliphatic rings. The number of rotatable bonds is 6. The van der Waals surface area contributed by atoms with E-state index in [2.05, 4.69) is 14.3 Å². The number of nitrogens with one attached hydrogen (secondary N) is 2. The number of hydrogen-bond donors (Lipinski definition) is 2. The Kier molecular flexibility index (Phi) is 5.84. The number of alkyl halides is 3. The van der Waals surface area contributed by atoms with Crippen molar-refractivity contribution in [3.63, 3.8) is 0 Å². The maximum absolute atomic E-state index is 12.5. The van der Waals surface area contributed by atoms with Crippen LogP contribution in [0.15, 0.2) is 58.8 Å². The van der Waals surface area contributed by atoms with E-state index in [9.17, 15) is 26.4 Å². The van der Waals surface area contributed by atoms with Gasteiger partial charge >= 0.3 is 6.18 Å². The van der Waals surface area contributed by atoms with Gasteiger partial charge < -0.3 is 5.32 Å². The fraction of sp³-hybridized carbons (Fsp3) is 0.118. The summed E-state index contributed by atoms with van der Waals surface area (Å²) in [7, 11) is -3.95. The molecule has 0 radical (unpaired) electrons. The van der Waals surface area contributed by atoms with Crippen LogP contribution < -0.4 is 10.0 Å². The summed E-state index contributed by atoms with van der Waals surface area (Å²) in [6, 6.07) is 11.0. The van der Waals surface area contributed by atoms with Gasteiger partial charge in [-0.15, -0.1) is 5.10 Å². The van der Waals surface area contributed by atoms with E-state index < -0.39 is 28.7 Å². The van der Waals surface area contributed by atoms with E-state index in [1.807, 2.05) is 0 Å². The summed E-state index contributed by atoms with van der Waals surface area (Å²) in [5.41, 5.74) is 1.66. The zero-order valence-corrected chi connectivity index (χ0v) is 16.1. The zero-order valence-electron chi connectivity index (χ0n) is 14.5. The van der Waals surface area contributed by atoms with Crippen LogP contribution in [0.25, 0.3) is 11.3 Å². The van der Waals surface area contributed by atoms with Crippen molar-refractivity contribution < 1.29 is 26.4 Å². The Morgan fingerprint density at radius 3 is 2.24 bits per heavy atom. The molecule has 0 spiro atoms. The van der Waals surface area contributed by atoms with Crippen LogP contribution in [0.2, 0.25) is 0 Å². The van der Waals surface area contributed by atoms with Gasteiger partial charge in [0.25, 0.3) is 15.9 Å². The molecule has 0 saturated heterocycles. The number of halogens is 3. The highest BCUT2D eigenvalue weighted by atomic mass is 32.2. The first-order chi connectivity index (χ1) is 13.6. The van der Waals surface area contributed by atoms with Gasteiger partial charge in [0, 0.05) is 22.2 Å². The number of nitrogens with zero attached hydrogens (tertiary/aromatic N) is 2. The molecule has 3 aromatic rings. The van der Waals surface area contributed by atoms with Gasteiger partial charge in [-0.2, -0.15) is 13.2 Å². The minimum atomic E-state index is -4.53. The first-order valence-electron chi connectivity index (χ1n) is 7.99. The lowest BCUT2D eigenvalue weighted by Gasteiger charge is -2.10. The van der Waals surface area contributed by atoms with E-state index >= 15 is 0 Å². The minimum absolute atomic E-state index is 0.0885. The van der Waals surface area contributed by atoms with Gasteiger partial charge in [-0.05, 0) is 47.9 Å². The molecule has 0 unspecified atom stereocenters. The maximum Gasteiger partial charge on any atom is 0.405 e. The fourth-order valence-corrected chi connectivity index (χ4v) is 3.81. The molecule has 2 N–H and O–H groups in total. The Morgan fingerprint density at radius 1 is 1.03 bits per heavy atom. The molecule has 0 bridgehead atoms. The largest absolute Gasteiger partial charge is 0.405 e. The van der Waals surface area contributed by atoms with Gasteiger partial charge in [-0.1, -0.05) is 16.6 Å². The van der Waals surface area contributed by atoms with Crippen LogP contribution in [0.4, 0.5) is 18.9 Å². The Hall–Kier alpha value is -2.99. The number of aromatic nitrogens is 2. The third kappa shape index (κ3) is 5.51. The summed E-state index contributed by atoms with van der Waals surface area (Å²) in [6.07, 6.45) is -4.53. The van der Waals surface area contributed by atoms with Gasteiger partial charge in [0.15, 0.2) is 0 Å². The number of anilines is 1. The second-order valence-electron chi connectivity index (χ2n) is 5.80. The number of hydrogen-bond acceptors (Lipinski definition) is 6. The van der Waals surface area contributed by atoms with Gasteiger partial charge in [0.1, 0.15) is 12.2 Å². The first kappa shape index (κ1) is 20.7. The lowest BCUT2D eigenvalue weighted by atomic mass is 10.2. The number of benzene rings is 2. The molecule has 1 amide bonds. The number of amides is 1. The normalized spacial score (nSPS) is 11.8. The van der Waals surface area contributed by atoms with E-state index in [0.717, 1.165) is 29.8 Å². The van der Waals surface area contributed by atoms with E-state index in [-0.39, 0.29) is 10.5 Å². The molecule has 1 aromatic heterocycles. The van der Waals surface area contributed by atoms with Crippen molar-refractivity contribution >= 4 is 33.2 Å². The molecule has 0 atom stereocenters. The van der Waals surface area contributed by atoms with Crippen molar-refractivity contribution in [3.8, 4) is 11.3 Å². The smallest absolute Gasteiger partial charge is 0.343 e. The summed E-state index contributed by atoms with van der Waals surface area (Å²) in [6.45, 7) is -1.47. The average Bonchev–Trinajstić information content (AvgIpc) is 3.21. The highest BCUT2D eigenvalue weighted by Crippen LogP contribution is 2.22. The van der Waals surface area contributed by atoms with Crippen LogP contribution in [0.3, 0.4) is 0 Å². The highest BCUT2D eigenvalue weighted by Gasteiger charge is 2.28. The Morgan fingerprint density at radius 2 is 1.69 bits per heavy atom. The monoisotopic (exact) mass is 442 g/mol. The van der Waals surface area contributed by atoms with Crippen LogP contribution in [0.1, 0.15) is 10.4 Å². The molecule has 2 aromatic carbocycles. The summed E-state index contributed by atoms with van der Waals surface area (Å²) < 4.78 is 67.6. The van der Waals surface area contributed by atoms with Crippen LogP contribution in [0, 0.1) is 0 Å². The summed E-state index contributed by atoms with van der Waals surface area (Å²) in [4.78, 5) is 11.5. The Labute approximate surface area is 167 Å². The molecule has 0 aliphatic carbocycles. The predicted octanol–water partition coefficient (Wildman–Crippen LogP) is 3.30. The molecule has 12 heteroatoms. The van der Waals surface area contributed by atoms with Crippen LogP contribution >= 0.6 is 11.5 Å². The summed E-state index contributed by atoms with van der Waals surface area (Å²) in [5, 5.41) is 7.39.